The van der Waals surface area contributed by atoms with Crippen LogP contribution in [-0.2, 0) is 12.8 Å². The fourth-order valence-corrected chi connectivity index (χ4v) is 2.56. The third kappa shape index (κ3) is 2.71. The van der Waals surface area contributed by atoms with Gasteiger partial charge in [-0.05, 0) is 42.5 Å². The average molecular weight is 257 g/mol. The Kier molecular flexibility index (Phi) is 4.38. The van der Waals surface area contributed by atoms with Gasteiger partial charge in [-0.15, -0.1) is 0 Å². The zero-order valence-electron chi connectivity index (χ0n) is 12.1. The number of aromatic nitrogens is 2. The van der Waals surface area contributed by atoms with Crippen molar-refractivity contribution in [2.75, 3.05) is 6.54 Å². The van der Waals surface area contributed by atoms with Gasteiger partial charge in [0.25, 0.3) is 0 Å². The molecule has 19 heavy (non-hydrogen) atoms. The Hall–Kier alpha value is -1.61. The van der Waals surface area contributed by atoms with Crippen molar-refractivity contribution in [3.8, 4) is 5.69 Å². The zero-order valence-corrected chi connectivity index (χ0v) is 12.1. The van der Waals surface area contributed by atoms with Crippen molar-refractivity contribution in [1.29, 1.82) is 0 Å². The number of rotatable bonds is 5. The first-order chi connectivity index (χ1) is 9.19. The van der Waals surface area contributed by atoms with Crippen LogP contribution in [0.3, 0.4) is 0 Å². The lowest BCUT2D eigenvalue weighted by Gasteiger charge is -2.15. The molecule has 1 aromatic carbocycles. The number of para-hydroxylation sites is 1. The molecule has 0 bridgehead atoms. The van der Waals surface area contributed by atoms with E-state index in [0.717, 1.165) is 12.8 Å². The quantitative estimate of drug-likeness (QED) is 0.894. The van der Waals surface area contributed by atoms with Crippen LogP contribution in [0.1, 0.15) is 43.5 Å². The SMILES string of the molecule is CCc1ccccc1-n1ncc(CCN)c1C(C)C. The molecule has 0 atom stereocenters. The van der Waals surface area contributed by atoms with Crippen molar-refractivity contribution in [3.63, 3.8) is 0 Å². The maximum absolute atomic E-state index is 5.70. The Morgan fingerprint density at radius 2 is 1.95 bits per heavy atom. The van der Waals surface area contributed by atoms with Gasteiger partial charge in [0.15, 0.2) is 0 Å². The Morgan fingerprint density at radius 1 is 1.21 bits per heavy atom. The fourth-order valence-electron chi connectivity index (χ4n) is 2.56. The van der Waals surface area contributed by atoms with Gasteiger partial charge in [-0.3, -0.25) is 0 Å². The molecular formula is C16H23N3. The molecule has 102 valence electrons. The molecule has 0 aliphatic heterocycles. The Morgan fingerprint density at radius 3 is 2.58 bits per heavy atom. The summed E-state index contributed by atoms with van der Waals surface area (Å²) in [6.45, 7) is 7.27. The van der Waals surface area contributed by atoms with E-state index >= 15 is 0 Å². The summed E-state index contributed by atoms with van der Waals surface area (Å²) in [7, 11) is 0. The first kappa shape index (κ1) is 13.8. The second-order valence-corrected chi connectivity index (χ2v) is 5.14. The van der Waals surface area contributed by atoms with E-state index in [2.05, 4.69) is 54.8 Å². The summed E-state index contributed by atoms with van der Waals surface area (Å²) in [5, 5.41) is 4.60. The molecular weight excluding hydrogens is 234 g/mol. The molecule has 1 heterocycles. The van der Waals surface area contributed by atoms with E-state index in [0.29, 0.717) is 12.5 Å². The molecule has 3 nitrogen and oxygen atoms in total. The monoisotopic (exact) mass is 257 g/mol. The molecule has 2 aromatic rings. The summed E-state index contributed by atoms with van der Waals surface area (Å²) in [6, 6.07) is 8.47. The van der Waals surface area contributed by atoms with Gasteiger partial charge < -0.3 is 5.73 Å². The summed E-state index contributed by atoms with van der Waals surface area (Å²) >= 11 is 0. The number of hydrogen-bond donors (Lipinski definition) is 1. The lowest BCUT2D eigenvalue weighted by atomic mass is 10.0. The van der Waals surface area contributed by atoms with E-state index in [1.165, 1.54) is 22.5 Å². The minimum absolute atomic E-state index is 0.439. The van der Waals surface area contributed by atoms with Crippen molar-refractivity contribution in [3.05, 3.63) is 47.3 Å². The molecule has 0 fully saturated rings. The molecule has 2 N–H and O–H groups in total. The number of aryl methyl sites for hydroxylation is 1. The van der Waals surface area contributed by atoms with Crippen LogP contribution < -0.4 is 5.73 Å². The van der Waals surface area contributed by atoms with Crippen LogP contribution in [0.5, 0.6) is 0 Å². The van der Waals surface area contributed by atoms with Gasteiger partial charge in [-0.1, -0.05) is 39.0 Å². The third-order valence-corrected chi connectivity index (χ3v) is 3.45. The summed E-state index contributed by atoms with van der Waals surface area (Å²) in [6.07, 6.45) is 3.87. The van der Waals surface area contributed by atoms with Crippen LogP contribution >= 0.6 is 0 Å². The number of hydrogen-bond acceptors (Lipinski definition) is 2. The van der Waals surface area contributed by atoms with Gasteiger partial charge in [-0.25, -0.2) is 4.68 Å². The minimum Gasteiger partial charge on any atom is -0.330 e. The topological polar surface area (TPSA) is 43.8 Å². The van der Waals surface area contributed by atoms with Crippen molar-refractivity contribution in [2.45, 2.75) is 39.5 Å². The van der Waals surface area contributed by atoms with Crippen molar-refractivity contribution in [1.82, 2.24) is 9.78 Å². The highest BCUT2D eigenvalue weighted by molar-refractivity contribution is 5.43. The van der Waals surface area contributed by atoms with Gasteiger partial charge in [0.2, 0.25) is 0 Å². The molecule has 0 saturated carbocycles. The maximum atomic E-state index is 5.70. The van der Waals surface area contributed by atoms with Gasteiger partial charge in [0.1, 0.15) is 0 Å². The molecule has 0 spiro atoms. The predicted octanol–water partition coefficient (Wildman–Crippen LogP) is 3.06. The molecule has 3 heteroatoms. The number of nitrogens with two attached hydrogens (primary N) is 1. The lowest BCUT2D eigenvalue weighted by Crippen LogP contribution is -2.10. The summed E-state index contributed by atoms with van der Waals surface area (Å²) < 4.78 is 2.09. The van der Waals surface area contributed by atoms with Crippen LogP contribution in [0.15, 0.2) is 30.5 Å². The normalized spacial score (nSPS) is 11.2. The van der Waals surface area contributed by atoms with Crippen molar-refractivity contribution in [2.24, 2.45) is 5.73 Å². The van der Waals surface area contributed by atoms with Crippen molar-refractivity contribution >= 4 is 0 Å². The second kappa shape index (κ2) is 6.02. The van der Waals surface area contributed by atoms with Crippen LogP contribution in [-0.4, -0.2) is 16.3 Å². The van der Waals surface area contributed by atoms with E-state index in [9.17, 15) is 0 Å². The van der Waals surface area contributed by atoms with E-state index in [4.69, 9.17) is 5.73 Å². The van der Waals surface area contributed by atoms with Crippen LogP contribution in [0.4, 0.5) is 0 Å². The molecule has 2 rings (SSSR count). The van der Waals surface area contributed by atoms with E-state index < -0.39 is 0 Å². The molecule has 1 aromatic heterocycles. The molecule has 0 saturated heterocycles. The highest BCUT2D eigenvalue weighted by atomic mass is 15.3. The Bertz CT molecular complexity index is 541. The largest absolute Gasteiger partial charge is 0.330 e. The molecule has 0 amide bonds. The number of benzene rings is 1. The molecule has 0 unspecified atom stereocenters. The minimum atomic E-state index is 0.439. The van der Waals surface area contributed by atoms with Gasteiger partial charge in [-0.2, -0.15) is 5.10 Å². The van der Waals surface area contributed by atoms with Crippen LogP contribution in [0.2, 0.25) is 0 Å². The first-order valence-electron chi connectivity index (χ1n) is 7.04. The average Bonchev–Trinajstić information content (AvgIpc) is 2.83. The molecule has 0 radical (unpaired) electrons. The Labute approximate surface area is 115 Å². The summed E-state index contributed by atoms with van der Waals surface area (Å²) in [5.74, 6) is 0.439. The highest BCUT2D eigenvalue weighted by Crippen LogP contribution is 2.25. The van der Waals surface area contributed by atoms with E-state index in [1.54, 1.807) is 0 Å². The smallest absolute Gasteiger partial charge is 0.0680 e. The fraction of sp³-hybridized carbons (Fsp3) is 0.438. The van der Waals surface area contributed by atoms with E-state index in [1.807, 2.05) is 6.20 Å². The summed E-state index contributed by atoms with van der Waals surface area (Å²) in [4.78, 5) is 0. The standard InChI is InChI=1S/C16H23N3/c1-4-13-7-5-6-8-15(13)19-16(12(2)3)14(9-10-17)11-18-19/h5-8,11-12H,4,9-10,17H2,1-3H3. The number of nitrogens with zero attached hydrogens (tertiary/aromatic N) is 2. The zero-order chi connectivity index (χ0) is 13.8. The first-order valence-corrected chi connectivity index (χ1v) is 7.04. The molecule has 0 aliphatic rings. The van der Waals surface area contributed by atoms with Gasteiger partial charge in [0.05, 0.1) is 17.6 Å². The molecule has 0 aliphatic carbocycles. The van der Waals surface area contributed by atoms with Gasteiger partial charge >= 0.3 is 0 Å². The van der Waals surface area contributed by atoms with E-state index in [-0.39, 0.29) is 0 Å². The maximum Gasteiger partial charge on any atom is 0.0680 e. The van der Waals surface area contributed by atoms with Gasteiger partial charge in [0, 0.05) is 0 Å². The second-order valence-electron chi connectivity index (χ2n) is 5.14. The lowest BCUT2D eigenvalue weighted by molar-refractivity contribution is 0.719. The van der Waals surface area contributed by atoms with Crippen LogP contribution in [0.25, 0.3) is 5.69 Å². The van der Waals surface area contributed by atoms with Crippen LogP contribution in [0, 0.1) is 0 Å². The summed E-state index contributed by atoms with van der Waals surface area (Å²) in [5.41, 5.74) is 10.8. The highest BCUT2D eigenvalue weighted by Gasteiger charge is 2.16. The third-order valence-electron chi connectivity index (χ3n) is 3.45. The van der Waals surface area contributed by atoms with Crippen molar-refractivity contribution < 1.29 is 0 Å². The predicted molar refractivity (Wildman–Crippen MR) is 79.8 cm³/mol. The Balaban J connectivity index is 2.55.